The third kappa shape index (κ3) is 6.68. The molecular formula is C21H22Cl2N2O-2. The van der Waals surface area contributed by atoms with E-state index < -0.39 is 0 Å². The topological polar surface area (TPSA) is 34.1 Å². The smallest absolute Gasteiger partial charge is 0.124 e. The summed E-state index contributed by atoms with van der Waals surface area (Å²) in [5.41, 5.74) is 4.78. The summed E-state index contributed by atoms with van der Waals surface area (Å²) in [7, 11) is 0. The first-order valence-electron chi connectivity index (χ1n) is 8.17. The van der Waals surface area contributed by atoms with E-state index in [0.29, 0.717) is 6.61 Å². The molecular weight excluding hydrogens is 367 g/mol. The number of benzene rings is 2. The van der Waals surface area contributed by atoms with Gasteiger partial charge in [0.2, 0.25) is 0 Å². The van der Waals surface area contributed by atoms with Crippen molar-refractivity contribution in [3.63, 3.8) is 0 Å². The summed E-state index contributed by atoms with van der Waals surface area (Å²) in [6, 6.07) is 20.6. The Hall–Kier alpha value is -2.07. The van der Waals surface area contributed by atoms with Gasteiger partial charge >= 0.3 is 0 Å². The molecule has 5 heteroatoms. The Morgan fingerprint density at radius 1 is 0.846 bits per heavy atom. The average Bonchev–Trinajstić information content (AvgIpc) is 2.63. The van der Waals surface area contributed by atoms with E-state index in [2.05, 4.69) is 53.6 Å². The fraction of sp³-hybridized carbons (Fsp3) is 0.190. The van der Waals surface area contributed by atoms with Crippen molar-refractivity contribution in [3.05, 3.63) is 95.3 Å². The van der Waals surface area contributed by atoms with Gasteiger partial charge in [-0.05, 0) is 30.2 Å². The first kappa shape index (κ1) is 22.0. The van der Waals surface area contributed by atoms with Gasteiger partial charge in [0.25, 0.3) is 0 Å². The highest BCUT2D eigenvalue weighted by atomic mass is 35.5. The minimum atomic E-state index is 0. The second-order valence-electron chi connectivity index (χ2n) is 5.85. The molecule has 0 amide bonds. The fourth-order valence-electron chi connectivity index (χ4n) is 2.48. The minimum Gasteiger partial charge on any atom is -1.00 e. The van der Waals surface area contributed by atoms with Crippen molar-refractivity contribution >= 4 is 0 Å². The Bertz CT molecular complexity index is 764. The second kappa shape index (κ2) is 11.5. The molecule has 0 unspecified atom stereocenters. The molecule has 138 valence electrons. The number of nitrogens with one attached hydrogen (secondary N) is 1. The molecule has 0 atom stereocenters. The van der Waals surface area contributed by atoms with Crippen LogP contribution in [0.25, 0.3) is 0 Å². The van der Waals surface area contributed by atoms with Gasteiger partial charge in [0.05, 0.1) is 0 Å². The Morgan fingerprint density at radius 3 is 2.35 bits per heavy atom. The van der Waals surface area contributed by atoms with Gasteiger partial charge in [-0.3, -0.25) is 4.98 Å². The van der Waals surface area contributed by atoms with Crippen molar-refractivity contribution < 1.29 is 29.6 Å². The summed E-state index contributed by atoms with van der Waals surface area (Å²) in [6.45, 7) is 4.23. The van der Waals surface area contributed by atoms with E-state index in [1.165, 1.54) is 16.7 Å². The maximum Gasteiger partial charge on any atom is 0.124 e. The Kier molecular flexibility index (Phi) is 9.74. The molecule has 3 nitrogen and oxygen atoms in total. The molecule has 0 aliphatic heterocycles. The van der Waals surface area contributed by atoms with E-state index in [0.717, 1.165) is 24.4 Å². The van der Waals surface area contributed by atoms with E-state index >= 15 is 0 Å². The molecule has 1 aromatic heterocycles. The van der Waals surface area contributed by atoms with Crippen LogP contribution in [-0.2, 0) is 19.7 Å². The molecule has 0 aliphatic rings. The van der Waals surface area contributed by atoms with Crippen molar-refractivity contribution in [1.29, 1.82) is 0 Å². The molecule has 0 fully saturated rings. The predicted molar refractivity (Wildman–Crippen MR) is 96.7 cm³/mol. The van der Waals surface area contributed by atoms with Crippen molar-refractivity contribution in [2.75, 3.05) is 0 Å². The zero-order chi connectivity index (χ0) is 16.6. The van der Waals surface area contributed by atoms with Crippen LogP contribution in [0, 0.1) is 6.92 Å². The van der Waals surface area contributed by atoms with E-state index in [9.17, 15) is 0 Å². The summed E-state index contributed by atoms with van der Waals surface area (Å²) >= 11 is 0. The Morgan fingerprint density at radius 2 is 1.62 bits per heavy atom. The third-order valence-corrected chi connectivity index (χ3v) is 3.85. The molecule has 0 saturated heterocycles. The van der Waals surface area contributed by atoms with Gasteiger partial charge < -0.3 is 34.9 Å². The number of nitrogens with zero attached hydrogens (tertiary/aromatic N) is 1. The molecule has 1 N–H and O–H groups in total. The maximum absolute atomic E-state index is 6.01. The van der Waals surface area contributed by atoms with Crippen LogP contribution in [0.4, 0.5) is 0 Å². The summed E-state index contributed by atoms with van der Waals surface area (Å²) in [6.07, 6.45) is 3.67. The second-order valence-corrected chi connectivity index (χ2v) is 5.85. The zero-order valence-corrected chi connectivity index (χ0v) is 16.2. The maximum atomic E-state index is 6.01. The fourth-order valence-corrected chi connectivity index (χ4v) is 2.48. The van der Waals surface area contributed by atoms with Gasteiger partial charge in [-0.15, -0.1) is 0 Å². The predicted octanol–water partition coefficient (Wildman–Crippen LogP) is -1.73. The van der Waals surface area contributed by atoms with E-state index in [4.69, 9.17) is 4.74 Å². The van der Waals surface area contributed by atoms with Gasteiger partial charge in [0.1, 0.15) is 12.4 Å². The van der Waals surface area contributed by atoms with Crippen LogP contribution >= 0.6 is 0 Å². The number of ether oxygens (including phenoxy) is 1. The zero-order valence-electron chi connectivity index (χ0n) is 14.7. The lowest BCUT2D eigenvalue weighted by Gasteiger charge is -2.12. The van der Waals surface area contributed by atoms with Crippen LogP contribution in [0.3, 0.4) is 0 Å². The highest BCUT2D eigenvalue weighted by Gasteiger charge is 2.03. The van der Waals surface area contributed by atoms with Crippen LogP contribution in [-0.4, -0.2) is 4.98 Å². The van der Waals surface area contributed by atoms with E-state index in [1.54, 1.807) is 6.20 Å². The minimum absolute atomic E-state index is 0. The molecule has 0 bridgehead atoms. The van der Waals surface area contributed by atoms with Gasteiger partial charge in [0, 0.05) is 31.0 Å². The van der Waals surface area contributed by atoms with Crippen LogP contribution in [0.15, 0.2) is 73.1 Å². The molecule has 3 rings (SSSR count). The van der Waals surface area contributed by atoms with Gasteiger partial charge in [-0.25, -0.2) is 0 Å². The average molecular weight is 389 g/mol. The highest BCUT2D eigenvalue weighted by Crippen LogP contribution is 2.19. The largest absolute Gasteiger partial charge is 1.00 e. The number of hydrogen-bond donors (Lipinski definition) is 1. The Balaban J connectivity index is 0.00000169. The lowest BCUT2D eigenvalue weighted by Crippen LogP contribution is -3.00. The summed E-state index contributed by atoms with van der Waals surface area (Å²) in [5.74, 6) is 0.928. The van der Waals surface area contributed by atoms with Crippen LogP contribution < -0.4 is 34.9 Å². The monoisotopic (exact) mass is 388 g/mol. The lowest BCUT2D eigenvalue weighted by molar-refractivity contribution is -0.001000. The Labute approximate surface area is 167 Å². The number of aromatic nitrogens is 1. The van der Waals surface area contributed by atoms with Crippen LogP contribution in [0.2, 0.25) is 0 Å². The molecule has 0 radical (unpaired) electrons. The molecule has 26 heavy (non-hydrogen) atoms. The quantitative estimate of drug-likeness (QED) is 0.522. The van der Waals surface area contributed by atoms with Gasteiger partial charge in [-0.2, -0.15) is 0 Å². The van der Waals surface area contributed by atoms with Crippen molar-refractivity contribution in [3.8, 4) is 5.75 Å². The summed E-state index contributed by atoms with van der Waals surface area (Å²) < 4.78 is 6.01. The third-order valence-electron chi connectivity index (χ3n) is 3.85. The molecule has 3 aromatic rings. The number of aryl methyl sites for hydroxylation is 1. The number of para-hydroxylation sites is 1. The molecule has 1 heterocycles. The van der Waals surface area contributed by atoms with Gasteiger partial charge in [0.15, 0.2) is 0 Å². The van der Waals surface area contributed by atoms with Crippen LogP contribution in [0.5, 0.6) is 5.75 Å². The molecule has 0 spiro atoms. The lowest BCUT2D eigenvalue weighted by atomic mass is 10.1. The molecule has 0 aliphatic carbocycles. The normalized spacial score (nSPS) is 9.73. The SMILES string of the molecule is Cc1ccc(COc2ccccc2CNCc2cccnc2)cc1.[Cl-].[Cl-]. The number of rotatable bonds is 7. The molecule has 2 aromatic carbocycles. The molecule has 0 saturated carbocycles. The van der Waals surface area contributed by atoms with Gasteiger partial charge in [-0.1, -0.05) is 54.1 Å². The van der Waals surface area contributed by atoms with Crippen molar-refractivity contribution in [2.24, 2.45) is 0 Å². The van der Waals surface area contributed by atoms with E-state index in [1.807, 2.05) is 30.5 Å². The number of halogens is 2. The van der Waals surface area contributed by atoms with E-state index in [-0.39, 0.29) is 24.8 Å². The van der Waals surface area contributed by atoms with Crippen molar-refractivity contribution in [2.45, 2.75) is 26.6 Å². The first-order valence-corrected chi connectivity index (χ1v) is 8.17. The summed E-state index contributed by atoms with van der Waals surface area (Å²) in [5, 5.41) is 3.44. The standard InChI is InChI=1S/C21H22N2O.2ClH/c1-17-8-10-18(11-9-17)16-24-21-7-3-2-6-20(21)15-23-14-19-5-4-12-22-13-19;;/h2-13,23H,14-16H2,1H3;2*1H/p-2. The first-order chi connectivity index (χ1) is 11.8. The number of pyridine rings is 1. The summed E-state index contributed by atoms with van der Waals surface area (Å²) in [4.78, 5) is 4.13. The van der Waals surface area contributed by atoms with Crippen LogP contribution in [0.1, 0.15) is 22.3 Å². The van der Waals surface area contributed by atoms with Crippen molar-refractivity contribution in [1.82, 2.24) is 10.3 Å². The highest BCUT2D eigenvalue weighted by molar-refractivity contribution is 5.33. The number of hydrogen-bond acceptors (Lipinski definition) is 3.